The summed E-state index contributed by atoms with van der Waals surface area (Å²) < 4.78 is 5.40. The van der Waals surface area contributed by atoms with Crippen molar-refractivity contribution in [3.05, 3.63) is 66.2 Å². The Morgan fingerprint density at radius 1 is 1.13 bits per heavy atom. The molecule has 0 aromatic heterocycles. The molecule has 0 aliphatic heterocycles. The molecule has 0 bridgehead atoms. The minimum Gasteiger partial charge on any atom is -0.490 e. The predicted molar refractivity (Wildman–Crippen MR) is 95.2 cm³/mol. The summed E-state index contributed by atoms with van der Waals surface area (Å²) in [5.74, 6) is 0.656. The summed E-state index contributed by atoms with van der Waals surface area (Å²) in [7, 11) is 0. The second-order valence-corrected chi connectivity index (χ2v) is 5.29. The monoisotopic (exact) mass is 310 g/mol. The number of hydrogen-bond donors (Lipinski definition) is 2. The summed E-state index contributed by atoms with van der Waals surface area (Å²) in [6.07, 6.45) is 1.69. The van der Waals surface area contributed by atoms with E-state index in [1.807, 2.05) is 56.3 Å². The van der Waals surface area contributed by atoms with E-state index in [0.717, 1.165) is 28.3 Å². The van der Waals surface area contributed by atoms with E-state index in [1.54, 1.807) is 6.08 Å². The molecule has 0 fully saturated rings. The Labute approximate surface area is 137 Å². The molecule has 2 rings (SSSR count). The number of para-hydroxylation sites is 1. The van der Waals surface area contributed by atoms with E-state index in [2.05, 4.69) is 17.2 Å². The first-order chi connectivity index (χ1) is 11.1. The quantitative estimate of drug-likeness (QED) is 0.762. The van der Waals surface area contributed by atoms with Crippen LogP contribution in [0.25, 0.3) is 0 Å². The maximum atomic E-state index is 12.0. The van der Waals surface area contributed by atoms with Crippen LogP contribution in [0.3, 0.4) is 0 Å². The Morgan fingerprint density at radius 2 is 1.78 bits per heavy atom. The molecule has 0 spiro atoms. The molecule has 4 nitrogen and oxygen atoms in total. The number of hydrogen-bond acceptors (Lipinski definition) is 3. The normalized spacial score (nSPS) is 10.0. The first-order valence-electron chi connectivity index (χ1n) is 7.54. The third kappa shape index (κ3) is 4.88. The van der Waals surface area contributed by atoms with Crippen molar-refractivity contribution in [3.63, 3.8) is 0 Å². The minimum atomic E-state index is -0.0904. The van der Waals surface area contributed by atoms with E-state index < -0.39 is 0 Å². The molecule has 120 valence electrons. The fourth-order valence-corrected chi connectivity index (χ4v) is 2.26. The van der Waals surface area contributed by atoms with Crippen molar-refractivity contribution < 1.29 is 9.53 Å². The molecule has 4 heteroatoms. The van der Waals surface area contributed by atoms with E-state index in [1.165, 1.54) is 0 Å². The Kier molecular flexibility index (Phi) is 5.80. The van der Waals surface area contributed by atoms with E-state index in [-0.39, 0.29) is 12.5 Å². The van der Waals surface area contributed by atoms with Crippen LogP contribution in [0.1, 0.15) is 11.1 Å². The van der Waals surface area contributed by atoms with Crippen LogP contribution in [0.2, 0.25) is 0 Å². The summed E-state index contributed by atoms with van der Waals surface area (Å²) in [4.78, 5) is 12.0. The van der Waals surface area contributed by atoms with Crippen molar-refractivity contribution in [2.75, 3.05) is 23.8 Å². The summed E-state index contributed by atoms with van der Waals surface area (Å²) in [5, 5.41) is 6.05. The summed E-state index contributed by atoms with van der Waals surface area (Å²) in [5.41, 5.74) is 4.00. The molecule has 23 heavy (non-hydrogen) atoms. The predicted octanol–water partition coefficient (Wildman–Crippen LogP) is 3.92. The molecular formula is C19H22N2O2. The Bertz CT molecular complexity index is 658. The van der Waals surface area contributed by atoms with Gasteiger partial charge in [-0.3, -0.25) is 4.79 Å². The molecule has 2 N–H and O–H groups in total. The van der Waals surface area contributed by atoms with Gasteiger partial charge in [0.25, 0.3) is 0 Å². The number of benzene rings is 2. The summed E-state index contributed by atoms with van der Waals surface area (Å²) >= 11 is 0. The van der Waals surface area contributed by atoms with E-state index >= 15 is 0 Å². The van der Waals surface area contributed by atoms with Crippen LogP contribution in [0.5, 0.6) is 5.75 Å². The van der Waals surface area contributed by atoms with Crippen LogP contribution < -0.4 is 15.4 Å². The number of aryl methyl sites for hydroxylation is 2. The lowest BCUT2D eigenvalue weighted by Crippen LogP contribution is -2.22. The lowest BCUT2D eigenvalue weighted by molar-refractivity contribution is -0.114. The highest BCUT2D eigenvalue weighted by molar-refractivity contribution is 5.94. The Hall–Kier alpha value is -2.75. The zero-order valence-electron chi connectivity index (χ0n) is 13.6. The van der Waals surface area contributed by atoms with Crippen LogP contribution >= 0.6 is 0 Å². The minimum absolute atomic E-state index is 0.0904. The van der Waals surface area contributed by atoms with Crippen LogP contribution in [-0.4, -0.2) is 19.1 Å². The maximum absolute atomic E-state index is 12.0. The highest BCUT2D eigenvalue weighted by Gasteiger charge is 2.06. The third-order valence-electron chi connectivity index (χ3n) is 3.41. The Morgan fingerprint density at radius 3 is 2.39 bits per heavy atom. The van der Waals surface area contributed by atoms with Crippen LogP contribution in [0, 0.1) is 13.8 Å². The lowest BCUT2D eigenvalue weighted by atomic mass is 10.1. The molecule has 1 amide bonds. The molecule has 0 atom stereocenters. The largest absolute Gasteiger partial charge is 0.490 e. The Balaban J connectivity index is 1.88. The molecule has 0 aliphatic carbocycles. The molecule has 0 heterocycles. The van der Waals surface area contributed by atoms with Crippen LogP contribution in [0.4, 0.5) is 11.4 Å². The number of carbonyl (C=O) groups excluding carboxylic acids is 1. The number of amides is 1. The van der Waals surface area contributed by atoms with Crippen molar-refractivity contribution >= 4 is 17.3 Å². The first-order valence-corrected chi connectivity index (χ1v) is 7.54. The van der Waals surface area contributed by atoms with Crippen LogP contribution in [-0.2, 0) is 4.79 Å². The van der Waals surface area contributed by atoms with Crippen molar-refractivity contribution in [1.82, 2.24) is 0 Å². The van der Waals surface area contributed by atoms with Crippen LogP contribution in [0.15, 0.2) is 55.1 Å². The van der Waals surface area contributed by atoms with Gasteiger partial charge in [0.05, 0.1) is 6.54 Å². The van der Waals surface area contributed by atoms with Gasteiger partial charge in [-0.2, -0.15) is 0 Å². The standard InChI is InChI=1S/C19H22N2O2/c1-4-12-23-17-10-8-16(9-11-17)21-18(22)13-20-19-14(2)6-5-7-15(19)3/h4-11,20H,1,12-13H2,2-3H3,(H,21,22). The number of rotatable bonds is 7. The van der Waals surface area contributed by atoms with Crippen molar-refractivity contribution in [2.24, 2.45) is 0 Å². The SMILES string of the molecule is C=CCOc1ccc(NC(=O)CNc2c(C)cccc2C)cc1. The van der Waals surface area contributed by atoms with Gasteiger partial charge in [0.1, 0.15) is 12.4 Å². The van der Waals surface area contributed by atoms with Gasteiger partial charge in [-0.05, 0) is 49.2 Å². The second kappa shape index (κ2) is 8.03. The van der Waals surface area contributed by atoms with Crippen molar-refractivity contribution in [3.8, 4) is 5.75 Å². The van der Waals surface area contributed by atoms with Gasteiger partial charge in [0.15, 0.2) is 0 Å². The highest BCUT2D eigenvalue weighted by atomic mass is 16.5. The third-order valence-corrected chi connectivity index (χ3v) is 3.41. The smallest absolute Gasteiger partial charge is 0.243 e. The molecule has 0 saturated carbocycles. The average molecular weight is 310 g/mol. The molecule has 0 unspecified atom stereocenters. The fraction of sp³-hybridized carbons (Fsp3) is 0.211. The molecule has 2 aromatic rings. The summed E-state index contributed by atoms with van der Waals surface area (Å²) in [6, 6.07) is 13.3. The molecule has 2 aromatic carbocycles. The fourth-order valence-electron chi connectivity index (χ4n) is 2.26. The number of ether oxygens (including phenoxy) is 1. The molecule has 0 aliphatic rings. The molecule has 0 radical (unpaired) electrons. The van der Waals surface area contributed by atoms with E-state index in [9.17, 15) is 4.79 Å². The maximum Gasteiger partial charge on any atom is 0.243 e. The van der Waals surface area contributed by atoms with Gasteiger partial charge in [-0.15, -0.1) is 0 Å². The summed E-state index contributed by atoms with van der Waals surface area (Å²) in [6.45, 7) is 8.33. The molecule has 0 saturated heterocycles. The average Bonchev–Trinajstić information content (AvgIpc) is 2.54. The molecular weight excluding hydrogens is 288 g/mol. The van der Waals surface area contributed by atoms with E-state index in [4.69, 9.17) is 4.74 Å². The van der Waals surface area contributed by atoms with Gasteiger partial charge in [-0.1, -0.05) is 30.9 Å². The topological polar surface area (TPSA) is 50.4 Å². The second-order valence-electron chi connectivity index (χ2n) is 5.29. The van der Waals surface area contributed by atoms with Gasteiger partial charge in [-0.25, -0.2) is 0 Å². The number of carbonyl (C=O) groups is 1. The number of anilines is 2. The zero-order valence-corrected chi connectivity index (χ0v) is 13.6. The van der Waals surface area contributed by atoms with Gasteiger partial charge in [0.2, 0.25) is 5.91 Å². The van der Waals surface area contributed by atoms with Crippen molar-refractivity contribution in [1.29, 1.82) is 0 Å². The lowest BCUT2D eigenvalue weighted by Gasteiger charge is -2.12. The van der Waals surface area contributed by atoms with Crippen molar-refractivity contribution in [2.45, 2.75) is 13.8 Å². The number of nitrogens with one attached hydrogen (secondary N) is 2. The van der Waals surface area contributed by atoms with E-state index in [0.29, 0.717) is 6.61 Å². The zero-order chi connectivity index (χ0) is 16.7. The van der Waals surface area contributed by atoms with Gasteiger partial charge < -0.3 is 15.4 Å². The van der Waals surface area contributed by atoms with Gasteiger partial charge in [0, 0.05) is 11.4 Å². The highest BCUT2D eigenvalue weighted by Crippen LogP contribution is 2.19. The van der Waals surface area contributed by atoms with Gasteiger partial charge >= 0.3 is 0 Å². The first kappa shape index (κ1) is 16.6.